The molecule has 1 unspecified atom stereocenters. The number of hydrogen-bond donors (Lipinski definition) is 1. The van der Waals surface area contributed by atoms with Gasteiger partial charge in [0.05, 0.1) is 0 Å². The van der Waals surface area contributed by atoms with Gasteiger partial charge in [0.2, 0.25) is 11.8 Å². The van der Waals surface area contributed by atoms with Gasteiger partial charge in [0, 0.05) is 39.1 Å². The number of rotatable bonds is 11. The van der Waals surface area contributed by atoms with Gasteiger partial charge in [-0.2, -0.15) is 0 Å². The summed E-state index contributed by atoms with van der Waals surface area (Å²) in [6.45, 7) is 5.25. The van der Waals surface area contributed by atoms with Crippen molar-refractivity contribution in [1.29, 1.82) is 0 Å². The van der Waals surface area contributed by atoms with Crippen molar-refractivity contribution >= 4 is 11.8 Å². The van der Waals surface area contributed by atoms with E-state index in [4.69, 9.17) is 4.74 Å². The van der Waals surface area contributed by atoms with E-state index in [0.717, 1.165) is 17.5 Å². The second-order valence-corrected chi connectivity index (χ2v) is 7.45. The fourth-order valence-electron chi connectivity index (χ4n) is 3.18. The maximum absolute atomic E-state index is 13.1. The molecular formula is C24H32N2O3. The van der Waals surface area contributed by atoms with Crippen LogP contribution in [0.4, 0.5) is 0 Å². The number of nitrogens with one attached hydrogen (secondary N) is 1. The molecule has 0 aliphatic heterocycles. The Balaban J connectivity index is 2.28. The Bertz CT molecular complexity index is 747. The van der Waals surface area contributed by atoms with Crippen molar-refractivity contribution in [2.24, 2.45) is 5.92 Å². The van der Waals surface area contributed by atoms with Crippen molar-refractivity contribution in [1.82, 2.24) is 10.2 Å². The lowest BCUT2D eigenvalue weighted by Gasteiger charge is -2.32. The van der Waals surface area contributed by atoms with E-state index < -0.39 is 6.04 Å². The van der Waals surface area contributed by atoms with Crippen LogP contribution in [0.5, 0.6) is 0 Å². The minimum atomic E-state index is -0.574. The van der Waals surface area contributed by atoms with Crippen molar-refractivity contribution in [2.75, 3.05) is 20.3 Å². The standard InChI is InChI=1S/C24H32N2O3/c1-19(2)24(28)26(18-21-13-8-5-9-14-21)22(17-20-11-6-4-7-12-20)23(27)25-15-10-16-29-3/h4-9,11-14,19,22H,10,15-18H2,1-3H3,(H,25,27). The highest BCUT2D eigenvalue weighted by Gasteiger charge is 2.31. The van der Waals surface area contributed by atoms with E-state index in [1.807, 2.05) is 74.5 Å². The second-order valence-electron chi connectivity index (χ2n) is 7.45. The summed E-state index contributed by atoms with van der Waals surface area (Å²) in [5, 5.41) is 2.99. The summed E-state index contributed by atoms with van der Waals surface area (Å²) in [6.07, 6.45) is 1.21. The highest BCUT2D eigenvalue weighted by Crippen LogP contribution is 2.17. The quantitative estimate of drug-likeness (QED) is 0.592. The molecule has 0 saturated carbocycles. The summed E-state index contributed by atoms with van der Waals surface area (Å²) in [5.74, 6) is -0.352. The molecule has 0 aliphatic carbocycles. The van der Waals surface area contributed by atoms with Gasteiger partial charge in [-0.3, -0.25) is 9.59 Å². The van der Waals surface area contributed by atoms with Gasteiger partial charge in [-0.15, -0.1) is 0 Å². The molecule has 2 aromatic carbocycles. The molecule has 0 spiro atoms. The SMILES string of the molecule is COCCCNC(=O)C(Cc1ccccc1)N(Cc1ccccc1)C(=O)C(C)C. The van der Waals surface area contributed by atoms with Gasteiger partial charge in [-0.05, 0) is 17.5 Å². The molecule has 0 aromatic heterocycles. The van der Waals surface area contributed by atoms with Gasteiger partial charge >= 0.3 is 0 Å². The second kappa shape index (κ2) is 12.0. The van der Waals surface area contributed by atoms with Crippen LogP contribution >= 0.6 is 0 Å². The molecule has 1 atom stereocenters. The number of ether oxygens (including phenoxy) is 1. The van der Waals surface area contributed by atoms with Crippen molar-refractivity contribution in [3.63, 3.8) is 0 Å². The molecule has 2 amide bonds. The zero-order valence-corrected chi connectivity index (χ0v) is 17.6. The Morgan fingerprint density at radius 3 is 2.10 bits per heavy atom. The lowest BCUT2D eigenvalue weighted by Crippen LogP contribution is -2.51. The topological polar surface area (TPSA) is 58.6 Å². The lowest BCUT2D eigenvalue weighted by molar-refractivity contribution is -0.143. The fourth-order valence-corrected chi connectivity index (χ4v) is 3.18. The van der Waals surface area contributed by atoms with Crippen LogP contribution in [0.2, 0.25) is 0 Å². The molecule has 0 saturated heterocycles. The highest BCUT2D eigenvalue weighted by atomic mass is 16.5. The van der Waals surface area contributed by atoms with Crippen LogP contribution in [0.25, 0.3) is 0 Å². The summed E-state index contributed by atoms with van der Waals surface area (Å²) in [6, 6.07) is 19.1. The van der Waals surface area contributed by atoms with Gasteiger partial charge in [0.15, 0.2) is 0 Å². The summed E-state index contributed by atoms with van der Waals surface area (Å²) in [7, 11) is 1.64. The van der Waals surface area contributed by atoms with Crippen LogP contribution in [0, 0.1) is 5.92 Å². The van der Waals surface area contributed by atoms with E-state index in [2.05, 4.69) is 5.32 Å². The number of carbonyl (C=O) groups is 2. The van der Waals surface area contributed by atoms with E-state index in [1.54, 1.807) is 12.0 Å². The van der Waals surface area contributed by atoms with Crippen LogP contribution in [0.3, 0.4) is 0 Å². The first-order valence-corrected chi connectivity index (χ1v) is 10.2. The van der Waals surface area contributed by atoms with Crippen LogP contribution in [-0.4, -0.2) is 43.0 Å². The number of hydrogen-bond acceptors (Lipinski definition) is 3. The number of benzene rings is 2. The van der Waals surface area contributed by atoms with E-state index >= 15 is 0 Å². The van der Waals surface area contributed by atoms with Crippen LogP contribution in [0.15, 0.2) is 60.7 Å². The van der Waals surface area contributed by atoms with Gasteiger partial charge in [-0.1, -0.05) is 74.5 Å². The first-order valence-electron chi connectivity index (χ1n) is 10.2. The Morgan fingerprint density at radius 1 is 0.966 bits per heavy atom. The minimum absolute atomic E-state index is 0.0261. The molecule has 0 heterocycles. The van der Waals surface area contributed by atoms with Crippen molar-refractivity contribution in [2.45, 2.75) is 39.3 Å². The lowest BCUT2D eigenvalue weighted by atomic mass is 10.0. The van der Waals surface area contributed by atoms with E-state index in [1.165, 1.54) is 0 Å². The first kappa shape index (κ1) is 22.6. The number of nitrogens with zero attached hydrogens (tertiary/aromatic N) is 1. The molecule has 2 aromatic rings. The molecule has 1 N–H and O–H groups in total. The third-order valence-corrected chi connectivity index (χ3v) is 4.75. The minimum Gasteiger partial charge on any atom is -0.385 e. The normalized spacial score (nSPS) is 11.9. The summed E-state index contributed by atoms with van der Waals surface area (Å²) < 4.78 is 5.06. The first-order chi connectivity index (χ1) is 14.0. The molecule has 0 aliphatic rings. The van der Waals surface area contributed by atoms with Crippen LogP contribution in [0.1, 0.15) is 31.4 Å². The number of methoxy groups -OCH3 is 1. The maximum Gasteiger partial charge on any atom is 0.243 e. The zero-order valence-electron chi connectivity index (χ0n) is 17.6. The number of amides is 2. The Hall–Kier alpha value is -2.66. The van der Waals surface area contributed by atoms with Gasteiger partial charge in [0.25, 0.3) is 0 Å². The summed E-state index contributed by atoms with van der Waals surface area (Å²) in [4.78, 5) is 27.9. The monoisotopic (exact) mass is 396 g/mol. The molecule has 5 nitrogen and oxygen atoms in total. The molecule has 0 bridgehead atoms. The van der Waals surface area contributed by atoms with Crippen LogP contribution in [-0.2, 0) is 27.3 Å². The Morgan fingerprint density at radius 2 is 1.55 bits per heavy atom. The molecule has 0 fully saturated rings. The van der Waals surface area contributed by atoms with Crippen LogP contribution < -0.4 is 5.32 Å². The summed E-state index contributed by atoms with van der Waals surface area (Å²) >= 11 is 0. The molecule has 0 radical (unpaired) electrons. The third kappa shape index (κ3) is 7.35. The van der Waals surface area contributed by atoms with E-state index in [-0.39, 0.29) is 17.7 Å². The van der Waals surface area contributed by atoms with Gasteiger partial charge in [0.1, 0.15) is 6.04 Å². The molecule has 2 rings (SSSR count). The van der Waals surface area contributed by atoms with Gasteiger partial charge < -0.3 is 15.0 Å². The average Bonchev–Trinajstić information content (AvgIpc) is 2.74. The highest BCUT2D eigenvalue weighted by molar-refractivity contribution is 5.88. The van der Waals surface area contributed by atoms with E-state index in [0.29, 0.717) is 26.1 Å². The maximum atomic E-state index is 13.1. The summed E-state index contributed by atoms with van der Waals surface area (Å²) in [5.41, 5.74) is 2.03. The van der Waals surface area contributed by atoms with E-state index in [9.17, 15) is 9.59 Å². The third-order valence-electron chi connectivity index (χ3n) is 4.75. The Kier molecular flexibility index (Phi) is 9.38. The van der Waals surface area contributed by atoms with Crippen molar-refractivity contribution < 1.29 is 14.3 Å². The molecule has 29 heavy (non-hydrogen) atoms. The fraction of sp³-hybridized carbons (Fsp3) is 0.417. The smallest absolute Gasteiger partial charge is 0.243 e. The van der Waals surface area contributed by atoms with Gasteiger partial charge in [-0.25, -0.2) is 0 Å². The predicted molar refractivity (Wildman–Crippen MR) is 115 cm³/mol. The molecule has 156 valence electrons. The van der Waals surface area contributed by atoms with Crippen molar-refractivity contribution in [3.05, 3.63) is 71.8 Å². The molecular weight excluding hydrogens is 364 g/mol. The average molecular weight is 397 g/mol. The molecule has 5 heteroatoms. The zero-order chi connectivity index (χ0) is 21.1. The largest absolute Gasteiger partial charge is 0.385 e. The Labute approximate surface area is 174 Å². The predicted octanol–water partition coefficient (Wildman–Crippen LogP) is 3.44. The number of carbonyl (C=O) groups excluding carboxylic acids is 2. The van der Waals surface area contributed by atoms with Crippen molar-refractivity contribution in [3.8, 4) is 0 Å².